The van der Waals surface area contributed by atoms with E-state index >= 15 is 0 Å². The highest BCUT2D eigenvalue weighted by Crippen LogP contribution is 2.33. The van der Waals surface area contributed by atoms with Gasteiger partial charge in [-0.1, -0.05) is 37.9 Å². The molecular weight excluding hydrogens is 484 g/mol. The van der Waals surface area contributed by atoms with E-state index in [0.29, 0.717) is 22.4 Å². The van der Waals surface area contributed by atoms with Gasteiger partial charge in [-0.3, -0.25) is 4.79 Å². The standard InChI is InChI=1S/C31H26O7/c1-18(2)29(33)36-24-12-7-21(8-13-24)26-16-11-23(17-27(26)38-31(35)20(5)6)28(32)22-9-14-25(15-10-22)37-30(34)19(3)4/h7-17H,1,3,5H2,2,4,6H3. The first-order valence-electron chi connectivity index (χ1n) is 11.5. The zero-order chi connectivity index (χ0) is 28.0. The van der Waals surface area contributed by atoms with Crippen molar-refractivity contribution in [2.75, 3.05) is 0 Å². The minimum atomic E-state index is -0.647. The van der Waals surface area contributed by atoms with Crippen LogP contribution in [0.3, 0.4) is 0 Å². The molecule has 0 aliphatic carbocycles. The number of carbonyl (C=O) groups is 4. The lowest BCUT2D eigenvalue weighted by Crippen LogP contribution is -2.10. The van der Waals surface area contributed by atoms with Gasteiger partial charge in [0, 0.05) is 33.4 Å². The SMILES string of the molecule is C=C(C)C(=O)Oc1ccc(C(=O)c2ccc(-c3ccc(OC(=O)C(=C)C)cc3)c(OC(=O)C(=C)C)c2)cc1. The third kappa shape index (κ3) is 6.79. The van der Waals surface area contributed by atoms with Gasteiger partial charge in [-0.15, -0.1) is 0 Å². The summed E-state index contributed by atoms with van der Waals surface area (Å²) in [5, 5.41) is 0. The fourth-order valence-corrected chi connectivity index (χ4v) is 3.11. The summed E-state index contributed by atoms with van der Waals surface area (Å²) in [5.74, 6) is -1.33. The molecule has 0 atom stereocenters. The Kier molecular flexibility index (Phi) is 8.55. The number of hydrogen-bond donors (Lipinski definition) is 0. The topological polar surface area (TPSA) is 96.0 Å². The number of carbonyl (C=O) groups excluding carboxylic acids is 4. The summed E-state index contributed by atoms with van der Waals surface area (Å²) < 4.78 is 15.9. The molecule has 0 aliphatic rings. The second-order valence-electron chi connectivity index (χ2n) is 8.60. The Morgan fingerprint density at radius 2 is 0.974 bits per heavy atom. The molecule has 0 amide bonds. The van der Waals surface area contributed by atoms with Crippen molar-refractivity contribution in [2.24, 2.45) is 0 Å². The molecule has 3 aromatic rings. The molecule has 0 aromatic heterocycles. The molecule has 192 valence electrons. The molecule has 0 saturated heterocycles. The molecule has 3 aromatic carbocycles. The van der Waals surface area contributed by atoms with E-state index in [0.717, 1.165) is 0 Å². The van der Waals surface area contributed by atoms with Gasteiger partial charge in [0.2, 0.25) is 0 Å². The van der Waals surface area contributed by atoms with Gasteiger partial charge in [0.1, 0.15) is 17.2 Å². The lowest BCUT2D eigenvalue weighted by molar-refractivity contribution is -0.130. The van der Waals surface area contributed by atoms with Crippen LogP contribution in [0, 0.1) is 0 Å². The van der Waals surface area contributed by atoms with E-state index in [1.54, 1.807) is 43.3 Å². The molecule has 0 spiro atoms. The van der Waals surface area contributed by atoms with Gasteiger partial charge in [-0.25, -0.2) is 14.4 Å². The Morgan fingerprint density at radius 3 is 1.45 bits per heavy atom. The molecule has 0 radical (unpaired) electrons. The van der Waals surface area contributed by atoms with Gasteiger partial charge in [0.25, 0.3) is 0 Å². The number of benzene rings is 3. The average Bonchev–Trinajstić information content (AvgIpc) is 2.89. The Bertz CT molecular complexity index is 1460. The first kappa shape index (κ1) is 27.5. The molecule has 3 rings (SSSR count). The second-order valence-corrected chi connectivity index (χ2v) is 8.60. The van der Waals surface area contributed by atoms with Gasteiger partial charge < -0.3 is 14.2 Å². The molecule has 0 aliphatic heterocycles. The van der Waals surface area contributed by atoms with Crippen molar-refractivity contribution in [3.8, 4) is 28.4 Å². The molecule has 0 heterocycles. The van der Waals surface area contributed by atoms with Gasteiger partial charge in [-0.2, -0.15) is 0 Å². The van der Waals surface area contributed by atoms with E-state index < -0.39 is 17.9 Å². The maximum Gasteiger partial charge on any atom is 0.338 e. The van der Waals surface area contributed by atoms with E-state index in [1.165, 1.54) is 44.2 Å². The normalized spacial score (nSPS) is 10.2. The highest BCUT2D eigenvalue weighted by atomic mass is 16.5. The van der Waals surface area contributed by atoms with E-state index in [4.69, 9.17) is 14.2 Å². The van der Waals surface area contributed by atoms with Crippen molar-refractivity contribution in [3.63, 3.8) is 0 Å². The molecule has 0 unspecified atom stereocenters. The Morgan fingerprint density at radius 1 is 0.553 bits per heavy atom. The van der Waals surface area contributed by atoms with Crippen molar-refractivity contribution in [1.82, 2.24) is 0 Å². The van der Waals surface area contributed by atoms with Crippen LogP contribution in [0.5, 0.6) is 17.2 Å². The van der Waals surface area contributed by atoms with Crippen molar-refractivity contribution in [3.05, 3.63) is 114 Å². The number of ketones is 1. The number of esters is 3. The van der Waals surface area contributed by atoms with Crippen LogP contribution in [-0.2, 0) is 14.4 Å². The van der Waals surface area contributed by atoms with Crippen LogP contribution >= 0.6 is 0 Å². The summed E-state index contributed by atoms with van der Waals surface area (Å²) in [4.78, 5) is 49.0. The first-order chi connectivity index (χ1) is 18.0. The van der Waals surface area contributed by atoms with Crippen molar-refractivity contribution >= 4 is 23.7 Å². The summed E-state index contributed by atoms with van der Waals surface area (Å²) >= 11 is 0. The minimum Gasteiger partial charge on any atom is -0.423 e. The zero-order valence-corrected chi connectivity index (χ0v) is 21.3. The average molecular weight is 511 g/mol. The maximum atomic E-state index is 13.2. The lowest BCUT2D eigenvalue weighted by atomic mass is 9.98. The first-order valence-corrected chi connectivity index (χ1v) is 11.5. The van der Waals surface area contributed by atoms with E-state index in [1.807, 2.05) is 0 Å². The van der Waals surface area contributed by atoms with Crippen molar-refractivity contribution < 1.29 is 33.4 Å². The molecule has 7 heteroatoms. The third-order valence-corrected chi connectivity index (χ3v) is 5.19. The fourth-order valence-electron chi connectivity index (χ4n) is 3.11. The quantitative estimate of drug-likeness (QED) is 0.150. The summed E-state index contributed by atoms with van der Waals surface area (Å²) in [6, 6.07) is 17.4. The zero-order valence-electron chi connectivity index (χ0n) is 21.3. The second kappa shape index (κ2) is 11.8. The van der Waals surface area contributed by atoms with Crippen LogP contribution in [0.15, 0.2) is 103 Å². The van der Waals surface area contributed by atoms with Crippen LogP contribution in [0.4, 0.5) is 0 Å². The predicted octanol–water partition coefficient (Wildman–Crippen LogP) is 6.03. The van der Waals surface area contributed by atoms with Crippen LogP contribution in [0.2, 0.25) is 0 Å². The predicted molar refractivity (Wildman–Crippen MR) is 143 cm³/mol. The van der Waals surface area contributed by atoms with Gasteiger partial charge >= 0.3 is 17.9 Å². The molecule has 7 nitrogen and oxygen atoms in total. The monoisotopic (exact) mass is 510 g/mol. The van der Waals surface area contributed by atoms with Crippen LogP contribution < -0.4 is 14.2 Å². The number of ether oxygens (including phenoxy) is 3. The van der Waals surface area contributed by atoms with Gasteiger partial charge in [-0.05, 0) is 74.9 Å². The van der Waals surface area contributed by atoms with Crippen molar-refractivity contribution in [2.45, 2.75) is 20.8 Å². The number of rotatable bonds is 9. The Balaban J connectivity index is 1.92. The fraction of sp³-hybridized carbons (Fsp3) is 0.0968. The Labute approximate surface area is 220 Å². The molecule has 0 saturated carbocycles. The largest absolute Gasteiger partial charge is 0.423 e. The molecular formula is C31H26O7. The van der Waals surface area contributed by atoms with Crippen LogP contribution in [0.25, 0.3) is 11.1 Å². The molecule has 0 fully saturated rings. The summed E-state index contributed by atoms with van der Waals surface area (Å²) in [5.41, 5.74) is 2.53. The van der Waals surface area contributed by atoms with E-state index in [9.17, 15) is 19.2 Å². The summed E-state index contributed by atoms with van der Waals surface area (Å²) in [7, 11) is 0. The molecule has 0 bridgehead atoms. The van der Waals surface area contributed by atoms with Crippen molar-refractivity contribution in [1.29, 1.82) is 0 Å². The van der Waals surface area contributed by atoms with Crippen LogP contribution in [0.1, 0.15) is 36.7 Å². The van der Waals surface area contributed by atoms with Gasteiger partial charge in [0.15, 0.2) is 5.78 Å². The van der Waals surface area contributed by atoms with Gasteiger partial charge in [0.05, 0.1) is 0 Å². The third-order valence-electron chi connectivity index (χ3n) is 5.19. The highest BCUT2D eigenvalue weighted by molar-refractivity contribution is 6.09. The maximum absolute atomic E-state index is 13.2. The minimum absolute atomic E-state index is 0.155. The number of hydrogen-bond acceptors (Lipinski definition) is 7. The highest BCUT2D eigenvalue weighted by Gasteiger charge is 2.17. The molecule has 38 heavy (non-hydrogen) atoms. The van der Waals surface area contributed by atoms with E-state index in [2.05, 4.69) is 19.7 Å². The smallest absolute Gasteiger partial charge is 0.338 e. The van der Waals surface area contributed by atoms with Crippen LogP contribution in [-0.4, -0.2) is 23.7 Å². The lowest BCUT2D eigenvalue weighted by Gasteiger charge is -2.13. The molecule has 0 N–H and O–H groups in total. The summed E-state index contributed by atoms with van der Waals surface area (Å²) in [6.45, 7) is 15.3. The van der Waals surface area contributed by atoms with E-state index in [-0.39, 0.29) is 39.6 Å². The Hall–Kier alpha value is -5.04. The summed E-state index contributed by atoms with van der Waals surface area (Å²) in [6.07, 6.45) is 0.